The van der Waals surface area contributed by atoms with Gasteiger partial charge in [-0.1, -0.05) is 30.3 Å². The monoisotopic (exact) mass is 215 g/mol. The van der Waals surface area contributed by atoms with Crippen LogP contribution in [0.15, 0.2) is 48.8 Å². The number of nitrogens with zero attached hydrogens (tertiary/aromatic N) is 1. The lowest BCUT2D eigenvalue weighted by Gasteiger charge is -2.07. The van der Waals surface area contributed by atoms with Gasteiger partial charge in [0.25, 0.3) is 0 Å². The van der Waals surface area contributed by atoms with Crippen LogP contribution in [0.25, 0.3) is 11.1 Å². The summed E-state index contributed by atoms with van der Waals surface area (Å²) in [5.74, 6) is -0.824. The highest BCUT2D eigenvalue weighted by atomic mass is 16.4. The van der Waals surface area contributed by atoms with Crippen LogP contribution in [-0.2, 0) is 4.79 Å². The maximum absolute atomic E-state index is 10.8. The number of carboxylic acids is 1. The molecule has 0 aliphatic carbocycles. The average Bonchev–Trinajstić information content (AvgIpc) is 2.78. The minimum absolute atomic E-state index is 0.530. The third-order valence-electron chi connectivity index (χ3n) is 2.63. The van der Waals surface area contributed by atoms with Crippen LogP contribution in [-0.4, -0.2) is 15.6 Å². The van der Waals surface area contributed by atoms with Crippen molar-refractivity contribution in [1.82, 2.24) is 4.57 Å². The molecular weight excluding hydrogens is 202 g/mol. The molecule has 0 amide bonds. The van der Waals surface area contributed by atoms with E-state index in [1.165, 1.54) is 0 Å². The lowest BCUT2D eigenvalue weighted by Crippen LogP contribution is -2.13. The molecule has 1 aromatic heterocycles. The van der Waals surface area contributed by atoms with Crippen molar-refractivity contribution >= 4 is 5.97 Å². The van der Waals surface area contributed by atoms with E-state index in [-0.39, 0.29) is 0 Å². The van der Waals surface area contributed by atoms with Gasteiger partial charge in [0.15, 0.2) is 0 Å². The number of carbonyl (C=O) groups is 1. The highest BCUT2D eigenvalue weighted by Gasteiger charge is 2.12. The molecule has 0 bridgehead atoms. The molecule has 3 heteroatoms. The molecule has 0 saturated heterocycles. The third-order valence-corrected chi connectivity index (χ3v) is 2.63. The fourth-order valence-corrected chi connectivity index (χ4v) is 1.58. The van der Waals surface area contributed by atoms with Gasteiger partial charge in [0.1, 0.15) is 6.04 Å². The van der Waals surface area contributed by atoms with Crippen LogP contribution in [0.1, 0.15) is 13.0 Å². The van der Waals surface area contributed by atoms with Crippen molar-refractivity contribution in [3.05, 3.63) is 48.8 Å². The van der Waals surface area contributed by atoms with Gasteiger partial charge in [0.2, 0.25) is 0 Å². The predicted octanol–water partition coefficient (Wildman–Crippen LogP) is 2.80. The Hall–Kier alpha value is -2.03. The zero-order valence-electron chi connectivity index (χ0n) is 9.00. The van der Waals surface area contributed by atoms with E-state index in [1.54, 1.807) is 17.7 Å². The predicted molar refractivity (Wildman–Crippen MR) is 62.2 cm³/mol. The summed E-state index contributed by atoms with van der Waals surface area (Å²) in [6.07, 6.45) is 3.65. The van der Waals surface area contributed by atoms with Crippen molar-refractivity contribution in [3.8, 4) is 11.1 Å². The molecule has 0 aliphatic heterocycles. The van der Waals surface area contributed by atoms with Crippen molar-refractivity contribution in [3.63, 3.8) is 0 Å². The van der Waals surface area contributed by atoms with Gasteiger partial charge in [-0.25, -0.2) is 4.79 Å². The second-order valence-electron chi connectivity index (χ2n) is 3.73. The Kier molecular flexibility index (Phi) is 2.77. The van der Waals surface area contributed by atoms with Crippen LogP contribution in [0.4, 0.5) is 0 Å². The number of carboxylic acid groups (broad SMARTS) is 1. The number of hydrogen-bond donors (Lipinski definition) is 1. The second kappa shape index (κ2) is 4.23. The van der Waals surface area contributed by atoms with E-state index >= 15 is 0 Å². The van der Waals surface area contributed by atoms with Crippen molar-refractivity contribution in [2.75, 3.05) is 0 Å². The quantitative estimate of drug-likeness (QED) is 0.855. The van der Waals surface area contributed by atoms with E-state index in [4.69, 9.17) is 5.11 Å². The summed E-state index contributed by atoms with van der Waals surface area (Å²) in [6.45, 7) is 1.66. The highest BCUT2D eigenvalue weighted by molar-refractivity contribution is 5.72. The fourth-order valence-electron chi connectivity index (χ4n) is 1.58. The Labute approximate surface area is 94.0 Å². The first-order valence-electron chi connectivity index (χ1n) is 5.14. The number of aromatic nitrogens is 1. The van der Waals surface area contributed by atoms with Gasteiger partial charge in [-0.05, 0) is 24.1 Å². The number of aliphatic carboxylic acids is 1. The minimum Gasteiger partial charge on any atom is -0.480 e. The summed E-state index contributed by atoms with van der Waals surface area (Å²) in [7, 11) is 0. The first-order chi connectivity index (χ1) is 7.68. The van der Waals surface area contributed by atoms with Crippen molar-refractivity contribution < 1.29 is 9.90 Å². The normalized spacial score (nSPS) is 12.3. The smallest absolute Gasteiger partial charge is 0.326 e. The molecule has 1 atom stereocenters. The molecule has 1 heterocycles. The van der Waals surface area contributed by atoms with Gasteiger partial charge in [-0.3, -0.25) is 0 Å². The summed E-state index contributed by atoms with van der Waals surface area (Å²) in [6, 6.07) is 11.3. The standard InChI is InChI=1S/C13H13NO2/c1-10(13(15)16)14-8-7-12(9-14)11-5-3-2-4-6-11/h2-10H,1H3,(H,15,16). The van der Waals surface area contributed by atoms with Crippen molar-refractivity contribution in [1.29, 1.82) is 0 Å². The summed E-state index contributed by atoms with van der Waals surface area (Å²) < 4.78 is 1.70. The number of hydrogen-bond acceptors (Lipinski definition) is 1. The molecule has 0 spiro atoms. The van der Waals surface area contributed by atoms with E-state index < -0.39 is 12.0 Å². The van der Waals surface area contributed by atoms with Gasteiger partial charge in [-0.2, -0.15) is 0 Å². The number of rotatable bonds is 3. The van der Waals surface area contributed by atoms with E-state index in [1.807, 2.05) is 42.6 Å². The zero-order chi connectivity index (χ0) is 11.5. The lowest BCUT2D eigenvalue weighted by molar-refractivity contribution is -0.140. The molecule has 82 valence electrons. The Morgan fingerprint density at radius 2 is 1.88 bits per heavy atom. The Morgan fingerprint density at radius 3 is 2.50 bits per heavy atom. The SMILES string of the molecule is CC(C(=O)O)n1ccc(-c2ccccc2)c1. The molecule has 0 radical (unpaired) electrons. The number of benzene rings is 1. The minimum atomic E-state index is -0.824. The van der Waals surface area contributed by atoms with Crippen LogP contribution in [0, 0.1) is 0 Å². The van der Waals surface area contributed by atoms with E-state index in [0.29, 0.717) is 0 Å². The largest absolute Gasteiger partial charge is 0.480 e. The van der Waals surface area contributed by atoms with Gasteiger partial charge >= 0.3 is 5.97 Å². The van der Waals surface area contributed by atoms with Crippen LogP contribution in [0.2, 0.25) is 0 Å². The maximum atomic E-state index is 10.8. The molecule has 0 saturated carbocycles. The average molecular weight is 215 g/mol. The molecule has 1 aromatic carbocycles. The molecule has 16 heavy (non-hydrogen) atoms. The third kappa shape index (κ3) is 1.98. The van der Waals surface area contributed by atoms with Crippen molar-refractivity contribution in [2.24, 2.45) is 0 Å². The van der Waals surface area contributed by atoms with Crippen LogP contribution in [0.5, 0.6) is 0 Å². The molecule has 1 unspecified atom stereocenters. The summed E-state index contributed by atoms with van der Waals surface area (Å²) >= 11 is 0. The second-order valence-corrected chi connectivity index (χ2v) is 3.73. The zero-order valence-corrected chi connectivity index (χ0v) is 9.00. The Balaban J connectivity index is 2.30. The first kappa shape index (κ1) is 10.5. The summed E-state index contributed by atoms with van der Waals surface area (Å²) in [5, 5.41) is 8.89. The van der Waals surface area contributed by atoms with Crippen LogP contribution < -0.4 is 0 Å². The molecule has 0 fully saturated rings. The van der Waals surface area contributed by atoms with Crippen LogP contribution >= 0.6 is 0 Å². The summed E-state index contributed by atoms with van der Waals surface area (Å²) in [4.78, 5) is 10.8. The fraction of sp³-hybridized carbons (Fsp3) is 0.154. The van der Waals surface area contributed by atoms with Gasteiger partial charge in [0, 0.05) is 12.4 Å². The lowest BCUT2D eigenvalue weighted by atomic mass is 10.1. The molecule has 2 rings (SSSR count). The van der Waals surface area contributed by atoms with Crippen molar-refractivity contribution in [2.45, 2.75) is 13.0 Å². The van der Waals surface area contributed by atoms with E-state index in [0.717, 1.165) is 11.1 Å². The van der Waals surface area contributed by atoms with Crippen LogP contribution in [0.3, 0.4) is 0 Å². The van der Waals surface area contributed by atoms with Gasteiger partial charge in [0.05, 0.1) is 0 Å². The Bertz CT molecular complexity index is 488. The summed E-state index contributed by atoms with van der Waals surface area (Å²) in [5.41, 5.74) is 2.13. The van der Waals surface area contributed by atoms with Gasteiger partial charge in [-0.15, -0.1) is 0 Å². The topological polar surface area (TPSA) is 42.2 Å². The van der Waals surface area contributed by atoms with E-state index in [9.17, 15) is 4.79 Å². The molecule has 0 aliphatic rings. The molecule has 3 nitrogen and oxygen atoms in total. The molecular formula is C13H13NO2. The highest BCUT2D eigenvalue weighted by Crippen LogP contribution is 2.21. The molecule has 1 N–H and O–H groups in total. The molecule has 2 aromatic rings. The first-order valence-corrected chi connectivity index (χ1v) is 5.14. The van der Waals surface area contributed by atoms with Gasteiger partial charge < -0.3 is 9.67 Å². The van der Waals surface area contributed by atoms with E-state index in [2.05, 4.69) is 0 Å². The maximum Gasteiger partial charge on any atom is 0.326 e. The Morgan fingerprint density at radius 1 is 1.19 bits per heavy atom.